The minimum absolute atomic E-state index is 0.0578. The number of nitrogens with two attached hydrogens (primary N) is 1. The van der Waals surface area contributed by atoms with Gasteiger partial charge in [-0.1, -0.05) is 11.6 Å². The molecule has 16 heavy (non-hydrogen) atoms. The molecule has 7 heteroatoms. The highest BCUT2D eigenvalue weighted by atomic mass is 35.5. The third-order valence-corrected chi connectivity index (χ3v) is 2.01. The number of nitrogens with zero attached hydrogens (tertiary/aromatic N) is 1. The lowest BCUT2D eigenvalue weighted by Crippen LogP contribution is -2.11. The van der Waals surface area contributed by atoms with Crippen LogP contribution in [0.1, 0.15) is 29.3 Å². The van der Waals surface area contributed by atoms with E-state index < -0.39 is 23.5 Å². The lowest BCUT2D eigenvalue weighted by Gasteiger charge is -2.10. The number of ether oxygens (including phenoxy) is 1. The van der Waals surface area contributed by atoms with Crippen LogP contribution in [0.3, 0.4) is 0 Å². The van der Waals surface area contributed by atoms with Crippen molar-refractivity contribution in [2.24, 2.45) is 0 Å². The van der Waals surface area contributed by atoms with Gasteiger partial charge in [0.05, 0.1) is 6.61 Å². The van der Waals surface area contributed by atoms with Crippen molar-refractivity contribution in [2.45, 2.75) is 13.3 Å². The first-order valence-corrected chi connectivity index (χ1v) is 4.76. The average molecular weight is 251 g/mol. The number of alkyl halides is 2. The topological polar surface area (TPSA) is 65.2 Å². The Balaban J connectivity index is 3.29. The maximum absolute atomic E-state index is 12.6. The van der Waals surface area contributed by atoms with Crippen LogP contribution in [0, 0.1) is 0 Å². The molecule has 0 radical (unpaired) electrons. The van der Waals surface area contributed by atoms with E-state index in [1.165, 1.54) is 0 Å². The Morgan fingerprint density at radius 1 is 1.69 bits per heavy atom. The number of anilines is 1. The van der Waals surface area contributed by atoms with Crippen molar-refractivity contribution in [3.05, 3.63) is 22.3 Å². The number of rotatable bonds is 3. The lowest BCUT2D eigenvalue weighted by atomic mass is 10.1. The fourth-order valence-corrected chi connectivity index (χ4v) is 1.41. The maximum atomic E-state index is 12.6. The Labute approximate surface area is 95.4 Å². The van der Waals surface area contributed by atoms with E-state index in [2.05, 4.69) is 9.72 Å². The van der Waals surface area contributed by atoms with Crippen molar-refractivity contribution in [1.29, 1.82) is 0 Å². The predicted octanol–water partition coefficient (Wildman–Crippen LogP) is 2.43. The van der Waals surface area contributed by atoms with Gasteiger partial charge in [0, 0.05) is 5.56 Å². The molecule has 0 aliphatic heterocycles. The van der Waals surface area contributed by atoms with Crippen molar-refractivity contribution in [3.8, 4) is 0 Å². The molecule has 0 aliphatic rings. The molecular formula is C9H9ClF2N2O2. The first-order chi connectivity index (χ1) is 7.47. The van der Waals surface area contributed by atoms with Crippen molar-refractivity contribution >= 4 is 23.4 Å². The van der Waals surface area contributed by atoms with Crippen LogP contribution < -0.4 is 5.73 Å². The van der Waals surface area contributed by atoms with Crippen LogP contribution >= 0.6 is 11.6 Å². The van der Waals surface area contributed by atoms with E-state index in [1.54, 1.807) is 6.92 Å². The standard InChI is InChI=1S/C9H9ClF2N2O2/c1-2-16-9(15)6-4(8(11)12)3-5(13)14-7(6)10/h3,8H,2H2,1H3,(H2,13,14). The predicted molar refractivity (Wildman–Crippen MR) is 54.6 cm³/mol. The van der Waals surface area contributed by atoms with Gasteiger partial charge in [-0.05, 0) is 13.0 Å². The SMILES string of the molecule is CCOC(=O)c1c(C(F)F)cc(N)nc1Cl. The van der Waals surface area contributed by atoms with Crippen molar-refractivity contribution < 1.29 is 18.3 Å². The highest BCUT2D eigenvalue weighted by Gasteiger charge is 2.24. The van der Waals surface area contributed by atoms with E-state index in [0.717, 1.165) is 6.07 Å². The molecule has 0 fully saturated rings. The molecule has 0 amide bonds. The highest BCUT2D eigenvalue weighted by Crippen LogP contribution is 2.29. The van der Waals surface area contributed by atoms with Gasteiger partial charge >= 0.3 is 5.97 Å². The number of nitrogen functional groups attached to an aromatic ring is 1. The quantitative estimate of drug-likeness (QED) is 0.661. The first kappa shape index (κ1) is 12.6. The molecule has 4 nitrogen and oxygen atoms in total. The summed E-state index contributed by atoms with van der Waals surface area (Å²) >= 11 is 5.58. The number of pyridine rings is 1. The van der Waals surface area contributed by atoms with Gasteiger partial charge in [0.2, 0.25) is 0 Å². The van der Waals surface area contributed by atoms with Gasteiger partial charge in [-0.2, -0.15) is 0 Å². The number of aromatic nitrogens is 1. The third-order valence-electron chi connectivity index (χ3n) is 1.74. The Hall–Kier alpha value is -1.43. The second-order valence-electron chi connectivity index (χ2n) is 2.82. The summed E-state index contributed by atoms with van der Waals surface area (Å²) in [6, 6.07) is 0.906. The normalized spacial score (nSPS) is 10.6. The van der Waals surface area contributed by atoms with Crippen LogP contribution in [-0.4, -0.2) is 17.6 Å². The summed E-state index contributed by atoms with van der Waals surface area (Å²) in [7, 11) is 0. The Morgan fingerprint density at radius 2 is 2.31 bits per heavy atom. The zero-order valence-electron chi connectivity index (χ0n) is 8.34. The zero-order chi connectivity index (χ0) is 12.3. The van der Waals surface area contributed by atoms with Crippen LogP contribution in [0.25, 0.3) is 0 Å². The molecule has 1 aromatic heterocycles. The molecule has 1 heterocycles. The molecule has 1 rings (SSSR count). The Morgan fingerprint density at radius 3 is 2.81 bits per heavy atom. The Kier molecular flexibility index (Phi) is 4.00. The minimum atomic E-state index is -2.87. The van der Waals surface area contributed by atoms with Crippen molar-refractivity contribution in [2.75, 3.05) is 12.3 Å². The second-order valence-corrected chi connectivity index (χ2v) is 3.18. The first-order valence-electron chi connectivity index (χ1n) is 4.38. The summed E-state index contributed by atoms with van der Waals surface area (Å²) < 4.78 is 29.9. The number of hydrogen-bond donors (Lipinski definition) is 1. The summed E-state index contributed by atoms with van der Waals surface area (Å²) in [6.07, 6.45) is -2.87. The molecule has 88 valence electrons. The van der Waals surface area contributed by atoms with Crippen LogP contribution in [0.4, 0.5) is 14.6 Å². The molecule has 0 aliphatic carbocycles. The number of hydrogen-bond acceptors (Lipinski definition) is 4. The van der Waals surface area contributed by atoms with E-state index in [0.29, 0.717) is 0 Å². The monoisotopic (exact) mass is 250 g/mol. The average Bonchev–Trinajstić information content (AvgIpc) is 2.16. The lowest BCUT2D eigenvalue weighted by molar-refractivity contribution is 0.0515. The van der Waals surface area contributed by atoms with Gasteiger partial charge in [-0.15, -0.1) is 0 Å². The smallest absolute Gasteiger partial charge is 0.341 e. The van der Waals surface area contributed by atoms with E-state index in [4.69, 9.17) is 17.3 Å². The molecule has 0 bridgehead atoms. The zero-order valence-corrected chi connectivity index (χ0v) is 9.09. The summed E-state index contributed by atoms with van der Waals surface area (Å²) in [6.45, 7) is 1.61. The second kappa shape index (κ2) is 5.07. The molecule has 1 aromatic rings. The maximum Gasteiger partial charge on any atom is 0.341 e. The largest absolute Gasteiger partial charge is 0.462 e. The molecular weight excluding hydrogens is 242 g/mol. The molecule has 2 N–H and O–H groups in total. The van der Waals surface area contributed by atoms with E-state index >= 15 is 0 Å². The van der Waals surface area contributed by atoms with Gasteiger partial charge in [0.1, 0.15) is 16.5 Å². The molecule has 0 spiro atoms. The van der Waals surface area contributed by atoms with Crippen molar-refractivity contribution in [1.82, 2.24) is 4.98 Å². The molecule has 0 atom stereocenters. The molecule has 0 saturated carbocycles. The van der Waals surface area contributed by atoms with E-state index in [1.807, 2.05) is 0 Å². The van der Waals surface area contributed by atoms with Gasteiger partial charge in [-0.25, -0.2) is 18.6 Å². The number of halogens is 3. The molecule has 0 aromatic carbocycles. The number of carbonyl (C=O) groups excluding carboxylic acids is 1. The Bertz CT molecular complexity index is 413. The fraction of sp³-hybridized carbons (Fsp3) is 0.333. The van der Waals surface area contributed by atoms with E-state index in [9.17, 15) is 13.6 Å². The summed E-state index contributed by atoms with van der Waals surface area (Å²) in [5, 5.41) is -0.381. The van der Waals surface area contributed by atoms with Gasteiger partial charge in [0.25, 0.3) is 6.43 Å². The summed E-state index contributed by atoms with van der Waals surface area (Å²) in [4.78, 5) is 14.9. The van der Waals surface area contributed by atoms with Crippen LogP contribution in [0.15, 0.2) is 6.07 Å². The van der Waals surface area contributed by atoms with E-state index in [-0.39, 0.29) is 17.6 Å². The fourth-order valence-electron chi connectivity index (χ4n) is 1.13. The molecule has 0 saturated heterocycles. The third kappa shape index (κ3) is 2.57. The van der Waals surface area contributed by atoms with Crippen LogP contribution in [0.5, 0.6) is 0 Å². The summed E-state index contributed by atoms with van der Waals surface area (Å²) in [5.74, 6) is -1.11. The van der Waals surface area contributed by atoms with Crippen LogP contribution in [0.2, 0.25) is 5.15 Å². The minimum Gasteiger partial charge on any atom is -0.462 e. The number of carbonyl (C=O) groups is 1. The van der Waals surface area contributed by atoms with Gasteiger partial charge < -0.3 is 10.5 Å². The summed E-state index contributed by atoms with van der Waals surface area (Å²) in [5.41, 5.74) is 4.25. The number of esters is 1. The van der Waals surface area contributed by atoms with Gasteiger partial charge in [0.15, 0.2) is 0 Å². The highest BCUT2D eigenvalue weighted by molar-refractivity contribution is 6.32. The van der Waals surface area contributed by atoms with Crippen LogP contribution in [-0.2, 0) is 4.74 Å². The van der Waals surface area contributed by atoms with Gasteiger partial charge in [-0.3, -0.25) is 0 Å². The molecule has 0 unspecified atom stereocenters. The van der Waals surface area contributed by atoms with Crippen molar-refractivity contribution in [3.63, 3.8) is 0 Å².